The Hall–Kier alpha value is -1.31. The van der Waals surface area contributed by atoms with Gasteiger partial charge in [-0.3, -0.25) is 0 Å². The molecule has 168 valence electrons. The van der Waals surface area contributed by atoms with Crippen LogP contribution in [0, 0.1) is 11.8 Å². The van der Waals surface area contributed by atoms with Crippen LogP contribution in [-0.2, 0) is 0 Å². The zero-order valence-corrected chi connectivity index (χ0v) is 20.5. The SMILES string of the molecule is CC(C)CCCN(CCCC(C)C)CCCC(c1ccccc1)c1ccccc1.Cl. The van der Waals surface area contributed by atoms with Crippen LogP contribution in [0.4, 0.5) is 0 Å². The van der Waals surface area contributed by atoms with E-state index in [0.29, 0.717) is 5.92 Å². The molecule has 0 aliphatic heterocycles. The van der Waals surface area contributed by atoms with Crippen LogP contribution in [0.1, 0.15) is 83.3 Å². The standard InChI is InChI=1S/C28H43N.ClH/c1-24(2)14-11-21-29(22-12-15-25(3)4)23-13-20-28(26-16-7-5-8-17-26)27-18-9-6-10-19-27;/h5-10,16-19,24-25,28H,11-15,20-23H2,1-4H3;1H. The quantitative estimate of drug-likeness (QED) is 0.292. The number of halogens is 1. The Balaban J connectivity index is 0.00000450. The van der Waals surface area contributed by atoms with Crippen molar-refractivity contribution in [3.8, 4) is 0 Å². The number of benzene rings is 2. The van der Waals surface area contributed by atoms with Gasteiger partial charge in [0.25, 0.3) is 0 Å². The van der Waals surface area contributed by atoms with Crippen molar-refractivity contribution in [1.82, 2.24) is 4.90 Å². The van der Waals surface area contributed by atoms with Gasteiger partial charge in [0, 0.05) is 5.92 Å². The predicted octanol–water partition coefficient (Wildman–Crippen LogP) is 8.19. The fraction of sp³-hybridized carbons (Fsp3) is 0.571. The Morgan fingerprint density at radius 3 is 1.30 bits per heavy atom. The van der Waals surface area contributed by atoms with Crippen molar-refractivity contribution in [3.05, 3.63) is 71.8 Å². The van der Waals surface area contributed by atoms with Gasteiger partial charge in [-0.05, 0) is 81.1 Å². The molecule has 2 aromatic carbocycles. The van der Waals surface area contributed by atoms with E-state index in [-0.39, 0.29) is 12.4 Å². The van der Waals surface area contributed by atoms with Crippen molar-refractivity contribution in [2.45, 2.75) is 72.1 Å². The highest BCUT2D eigenvalue weighted by Gasteiger charge is 2.14. The van der Waals surface area contributed by atoms with Crippen LogP contribution < -0.4 is 0 Å². The van der Waals surface area contributed by atoms with Crippen molar-refractivity contribution in [3.63, 3.8) is 0 Å². The number of hydrogen-bond acceptors (Lipinski definition) is 1. The Labute approximate surface area is 192 Å². The molecule has 30 heavy (non-hydrogen) atoms. The van der Waals surface area contributed by atoms with Crippen molar-refractivity contribution in [1.29, 1.82) is 0 Å². The van der Waals surface area contributed by atoms with Gasteiger partial charge in [-0.15, -0.1) is 12.4 Å². The molecule has 0 fully saturated rings. The van der Waals surface area contributed by atoms with Gasteiger partial charge in [-0.1, -0.05) is 88.4 Å². The van der Waals surface area contributed by atoms with Crippen molar-refractivity contribution >= 4 is 12.4 Å². The van der Waals surface area contributed by atoms with Crippen LogP contribution in [0.3, 0.4) is 0 Å². The molecule has 0 heterocycles. The molecule has 0 saturated carbocycles. The number of rotatable bonds is 14. The van der Waals surface area contributed by atoms with Crippen LogP contribution in [0.2, 0.25) is 0 Å². The molecule has 2 heteroatoms. The van der Waals surface area contributed by atoms with Gasteiger partial charge < -0.3 is 4.90 Å². The van der Waals surface area contributed by atoms with Gasteiger partial charge in [0.15, 0.2) is 0 Å². The van der Waals surface area contributed by atoms with Crippen LogP contribution in [0.15, 0.2) is 60.7 Å². The minimum absolute atomic E-state index is 0. The molecule has 0 saturated heterocycles. The molecule has 0 bridgehead atoms. The Morgan fingerprint density at radius 2 is 0.933 bits per heavy atom. The second-order valence-electron chi connectivity index (χ2n) is 9.43. The average molecular weight is 430 g/mol. The molecule has 0 amide bonds. The highest BCUT2D eigenvalue weighted by Crippen LogP contribution is 2.29. The summed E-state index contributed by atoms with van der Waals surface area (Å²) >= 11 is 0. The van der Waals surface area contributed by atoms with Gasteiger partial charge in [0.2, 0.25) is 0 Å². The maximum Gasteiger partial charge on any atom is 0.00898 e. The zero-order chi connectivity index (χ0) is 20.9. The third-order valence-corrected chi connectivity index (χ3v) is 5.88. The molecule has 2 aromatic rings. The van der Waals surface area contributed by atoms with Gasteiger partial charge >= 0.3 is 0 Å². The normalized spacial score (nSPS) is 11.5. The van der Waals surface area contributed by atoms with Gasteiger partial charge in [0.05, 0.1) is 0 Å². The van der Waals surface area contributed by atoms with Crippen LogP contribution in [0.5, 0.6) is 0 Å². The Kier molecular flexibility index (Phi) is 13.8. The predicted molar refractivity (Wildman–Crippen MR) is 136 cm³/mol. The lowest BCUT2D eigenvalue weighted by molar-refractivity contribution is 0.247. The fourth-order valence-corrected chi connectivity index (χ4v) is 4.20. The summed E-state index contributed by atoms with van der Waals surface area (Å²) in [5.74, 6) is 2.13. The van der Waals surface area contributed by atoms with Crippen LogP contribution in [-0.4, -0.2) is 24.5 Å². The monoisotopic (exact) mass is 429 g/mol. The first-order valence-corrected chi connectivity index (χ1v) is 11.9. The van der Waals surface area contributed by atoms with E-state index in [1.54, 1.807) is 0 Å². The highest BCUT2D eigenvalue weighted by atomic mass is 35.5. The maximum absolute atomic E-state index is 2.73. The first-order chi connectivity index (χ1) is 14.1. The summed E-state index contributed by atoms with van der Waals surface area (Å²) in [7, 11) is 0. The summed E-state index contributed by atoms with van der Waals surface area (Å²) < 4.78 is 0. The van der Waals surface area contributed by atoms with E-state index in [1.807, 2.05) is 0 Å². The average Bonchev–Trinajstić information content (AvgIpc) is 2.71. The molecular formula is C28H44ClN. The molecule has 1 nitrogen and oxygen atoms in total. The zero-order valence-electron chi connectivity index (χ0n) is 19.7. The first kappa shape index (κ1) is 26.7. The van der Waals surface area contributed by atoms with Crippen LogP contribution in [0.25, 0.3) is 0 Å². The second kappa shape index (κ2) is 15.5. The minimum Gasteiger partial charge on any atom is -0.303 e. The molecule has 0 aliphatic carbocycles. The van der Waals surface area contributed by atoms with E-state index in [0.717, 1.165) is 11.8 Å². The molecule has 0 unspecified atom stereocenters. The number of nitrogens with zero attached hydrogens (tertiary/aromatic N) is 1. The van der Waals surface area contributed by atoms with Gasteiger partial charge in [-0.25, -0.2) is 0 Å². The lowest BCUT2D eigenvalue weighted by Crippen LogP contribution is -2.28. The van der Waals surface area contributed by atoms with E-state index in [4.69, 9.17) is 0 Å². The van der Waals surface area contributed by atoms with E-state index < -0.39 is 0 Å². The van der Waals surface area contributed by atoms with Crippen molar-refractivity contribution < 1.29 is 0 Å². The molecular weight excluding hydrogens is 386 g/mol. The Bertz CT molecular complexity index is 585. The summed E-state index contributed by atoms with van der Waals surface area (Å²) in [4.78, 5) is 2.73. The summed E-state index contributed by atoms with van der Waals surface area (Å²) in [5.41, 5.74) is 2.90. The molecule has 0 spiro atoms. The molecule has 0 atom stereocenters. The summed E-state index contributed by atoms with van der Waals surface area (Å²) in [6, 6.07) is 22.1. The van der Waals surface area contributed by atoms with E-state index in [2.05, 4.69) is 93.3 Å². The lowest BCUT2D eigenvalue weighted by Gasteiger charge is -2.25. The molecule has 0 aliphatic rings. The minimum atomic E-state index is 0. The summed E-state index contributed by atoms with van der Waals surface area (Å²) in [6.07, 6.45) is 7.84. The largest absolute Gasteiger partial charge is 0.303 e. The van der Waals surface area contributed by atoms with E-state index in [9.17, 15) is 0 Å². The number of hydrogen-bond donors (Lipinski definition) is 0. The Morgan fingerprint density at radius 1 is 0.567 bits per heavy atom. The van der Waals surface area contributed by atoms with Crippen molar-refractivity contribution in [2.75, 3.05) is 19.6 Å². The van der Waals surface area contributed by atoms with Crippen LogP contribution >= 0.6 is 12.4 Å². The maximum atomic E-state index is 2.73. The fourth-order valence-electron chi connectivity index (χ4n) is 4.20. The second-order valence-corrected chi connectivity index (χ2v) is 9.43. The third kappa shape index (κ3) is 10.6. The lowest BCUT2D eigenvalue weighted by atomic mass is 9.87. The smallest absolute Gasteiger partial charge is 0.00898 e. The molecule has 2 rings (SSSR count). The highest BCUT2D eigenvalue weighted by molar-refractivity contribution is 5.85. The summed E-state index contributed by atoms with van der Waals surface area (Å²) in [5, 5.41) is 0. The van der Waals surface area contributed by atoms with E-state index >= 15 is 0 Å². The third-order valence-electron chi connectivity index (χ3n) is 5.88. The van der Waals surface area contributed by atoms with Gasteiger partial charge in [-0.2, -0.15) is 0 Å². The molecule has 0 N–H and O–H groups in total. The molecule has 0 radical (unpaired) electrons. The van der Waals surface area contributed by atoms with Crippen molar-refractivity contribution in [2.24, 2.45) is 11.8 Å². The van der Waals surface area contributed by atoms with E-state index in [1.165, 1.54) is 69.3 Å². The molecule has 0 aromatic heterocycles. The van der Waals surface area contributed by atoms with Gasteiger partial charge in [0.1, 0.15) is 0 Å². The first-order valence-electron chi connectivity index (χ1n) is 11.9. The topological polar surface area (TPSA) is 3.24 Å². The summed E-state index contributed by atoms with van der Waals surface area (Å²) in [6.45, 7) is 13.1.